The van der Waals surface area contributed by atoms with Crippen molar-refractivity contribution in [2.45, 2.75) is 26.4 Å². The molecule has 5 heteroatoms. The molecule has 2 aromatic heterocycles. The number of pyridine rings is 1. The maximum absolute atomic E-state index is 4.38. The van der Waals surface area contributed by atoms with Gasteiger partial charge in [0.15, 0.2) is 0 Å². The fourth-order valence-electron chi connectivity index (χ4n) is 1.86. The third-order valence-electron chi connectivity index (χ3n) is 2.97. The van der Waals surface area contributed by atoms with Crippen LogP contribution in [0.3, 0.4) is 0 Å². The maximum atomic E-state index is 4.38. The van der Waals surface area contributed by atoms with Gasteiger partial charge in [-0.3, -0.25) is 9.67 Å². The van der Waals surface area contributed by atoms with Crippen LogP contribution in [-0.4, -0.2) is 14.8 Å². The van der Waals surface area contributed by atoms with Crippen LogP contribution in [0.4, 0.5) is 0 Å². The molecule has 0 unspecified atom stereocenters. The van der Waals surface area contributed by atoms with E-state index in [4.69, 9.17) is 0 Å². The molecule has 2 heterocycles. The Kier molecular flexibility index (Phi) is 4.14. The van der Waals surface area contributed by atoms with Gasteiger partial charge in [0.1, 0.15) is 0 Å². The van der Waals surface area contributed by atoms with Crippen LogP contribution in [0.15, 0.2) is 28.9 Å². The molecule has 0 spiro atoms. The Morgan fingerprint density at radius 1 is 1.44 bits per heavy atom. The van der Waals surface area contributed by atoms with E-state index in [9.17, 15) is 0 Å². The number of hydrogen-bond acceptors (Lipinski definition) is 3. The Balaban J connectivity index is 2.04. The predicted molar refractivity (Wildman–Crippen MR) is 75.1 cm³/mol. The van der Waals surface area contributed by atoms with Crippen LogP contribution in [0.2, 0.25) is 0 Å². The zero-order valence-electron chi connectivity index (χ0n) is 10.8. The number of hydrogen-bond donors (Lipinski definition) is 1. The van der Waals surface area contributed by atoms with Gasteiger partial charge in [-0.25, -0.2) is 0 Å². The minimum atomic E-state index is 0.216. The van der Waals surface area contributed by atoms with Crippen molar-refractivity contribution in [2.24, 2.45) is 7.05 Å². The first kappa shape index (κ1) is 13.2. The lowest BCUT2D eigenvalue weighted by molar-refractivity contribution is 0.537. The quantitative estimate of drug-likeness (QED) is 0.944. The highest BCUT2D eigenvalue weighted by Gasteiger charge is 2.12. The van der Waals surface area contributed by atoms with Crippen molar-refractivity contribution in [3.05, 3.63) is 46.0 Å². The first-order valence-electron chi connectivity index (χ1n) is 5.92. The van der Waals surface area contributed by atoms with E-state index in [2.05, 4.69) is 38.3 Å². The van der Waals surface area contributed by atoms with Crippen LogP contribution < -0.4 is 5.32 Å². The van der Waals surface area contributed by atoms with Crippen LogP contribution in [-0.2, 0) is 13.6 Å². The van der Waals surface area contributed by atoms with Crippen molar-refractivity contribution in [1.82, 2.24) is 20.1 Å². The standard InChI is InChI=1S/C13H17BrN4/c1-9(11-6-4-5-7-15-11)16-8-12-13(14)10(2)17-18(12)3/h4-7,9,16H,8H2,1-3H3/t9-/m0/s1. The SMILES string of the molecule is Cc1nn(C)c(CN[C@@H](C)c2ccccn2)c1Br. The van der Waals surface area contributed by atoms with Crippen molar-refractivity contribution >= 4 is 15.9 Å². The first-order valence-corrected chi connectivity index (χ1v) is 6.71. The predicted octanol–water partition coefficient (Wildman–Crippen LogP) is 2.74. The van der Waals surface area contributed by atoms with Crippen molar-refractivity contribution in [3.63, 3.8) is 0 Å². The first-order chi connectivity index (χ1) is 8.59. The summed E-state index contributed by atoms with van der Waals surface area (Å²) in [6.45, 7) is 4.87. The molecule has 0 aliphatic heterocycles. The molecule has 4 nitrogen and oxygen atoms in total. The molecule has 0 aliphatic carbocycles. The molecule has 2 aromatic rings. The summed E-state index contributed by atoms with van der Waals surface area (Å²) in [4.78, 5) is 4.34. The second-order valence-corrected chi connectivity index (χ2v) is 5.12. The normalized spacial score (nSPS) is 12.7. The number of aryl methyl sites for hydroxylation is 2. The Bertz CT molecular complexity index is 521. The van der Waals surface area contributed by atoms with E-state index in [0.717, 1.165) is 28.1 Å². The lowest BCUT2D eigenvalue weighted by Crippen LogP contribution is -2.20. The Hall–Kier alpha value is -1.20. The molecule has 1 atom stereocenters. The van der Waals surface area contributed by atoms with E-state index < -0.39 is 0 Å². The summed E-state index contributed by atoms with van der Waals surface area (Å²) >= 11 is 3.57. The monoisotopic (exact) mass is 308 g/mol. The van der Waals surface area contributed by atoms with E-state index in [-0.39, 0.29) is 6.04 Å². The van der Waals surface area contributed by atoms with Gasteiger partial charge in [-0.1, -0.05) is 6.07 Å². The largest absolute Gasteiger partial charge is 0.303 e. The Morgan fingerprint density at radius 2 is 2.22 bits per heavy atom. The van der Waals surface area contributed by atoms with Gasteiger partial charge in [-0.15, -0.1) is 0 Å². The van der Waals surface area contributed by atoms with E-state index in [1.54, 1.807) is 0 Å². The second kappa shape index (κ2) is 5.63. The molecule has 2 rings (SSSR count). The van der Waals surface area contributed by atoms with E-state index in [0.29, 0.717) is 0 Å². The molecule has 0 aliphatic rings. The van der Waals surface area contributed by atoms with Crippen molar-refractivity contribution in [1.29, 1.82) is 0 Å². The Morgan fingerprint density at radius 3 is 2.78 bits per heavy atom. The van der Waals surface area contributed by atoms with Gasteiger partial charge in [0.25, 0.3) is 0 Å². The van der Waals surface area contributed by atoms with Gasteiger partial charge in [-0.2, -0.15) is 5.10 Å². The van der Waals surface area contributed by atoms with Crippen LogP contribution >= 0.6 is 15.9 Å². The fraction of sp³-hybridized carbons (Fsp3) is 0.385. The van der Waals surface area contributed by atoms with Crippen molar-refractivity contribution < 1.29 is 0 Å². The van der Waals surface area contributed by atoms with Gasteiger partial charge in [-0.05, 0) is 41.9 Å². The summed E-state index contributed by atoms with van der Waals surface area (Å²) < 4.78 is 2.98. The van der Waals surface area contributed by atoms with Crippen LogP contribution in [0.5, 0.6) is 0 Å². The van der Waals surface area contributed by atoms with Crippen LogP contribution in [0, 0.1) is 6.92 Å². The average molecular weight is 309 g/mol. The summed E-state index contributed by atoms with van der Waals surface area (Å²) in [5, 5.41) is 7.83. The summed E-state index contributed by atoms with van der Waals surface area (Å²) in [5.41, 5.74) is 3.21. The van der Waals surface area contributed by atoms with E-state index >= 15 is 0 Å². The van der Waals surface area contributed by atoms with Crippen LogP contribution in [0.25, 0.3) is 0 Å². The third-order valence-corrected chi connectivity index (χ3v) is 4.00. The highest BCUT2D eigenvalue weighted by Crippen LogP contribution is 2.20. The number of nitrogens with one attached hydrogen (secondary N) is 1. The zero-order valence-corrected chi connectivity index (χ0v) is 12.4. The lowest BCUT2D eigenvalue weighted by Gasteiger charge is -2.13. The molecule has 18 heavy (non-hydrogen) atoms. The second-order valence-electron chi connectivity index (χ2n) is 4.33. The average Bonchev–Trinajstić information content (AvgIpc) is 2.62. The fourth-order valence-corrected chi connectivity index (χ4v) is 2.33. The van der Waals surface area contributed by atoms with Gasteiger partial charge in [0.2, 0.25) is 0 Å². The smallest absolute Gasteiger partial charge is 0.0739 e. The van der Waals surface area contributed by atoms with Crippen LogP contribution in [0.1, 0.15) is 30.0 Å². The number of aromatic nitrogens is 3. The molecule has 96 valence electrons. The molecule has 0 saturated carbocycles. The highest BCUT2D eigenvalue weighted by molar-refractivity contribution is 9.10. The number of halogens is 1. The summed E-state index contributed by atoms with van der Waals surface area (Å²) in [5.74, 6) is 0. The van der Waals surface area contributed by atoms with E-state index in [1.807, 2.05) is 43.0 Å². The van der Waals surface area contributed by atoms with E-state index in [1.165, 1.54) is 0 Å². The maximum Gasteiger partial charge on any atom is 0.0739 e. The molecule has 1 N–H and O–H groups in total. The Labute approximate surface area is 116 Å². The molecular weight excluding hydrogens is 292 g/mol. The highest BCUT2D eigenvalue weighted by atomic mass is 79.9. The lowest BCUT2D eigenvalue weighted by atomic mass is 10.2. The molecule has 0 amide bonds. The van der Waals surface area contributed by atoms with Gasteiger partial charge < -0.3 is 5.32 Å². The zero-order chi connectivity index (χ0) is 13.1. The molecular formula is C13H17BrN4. The molecule has 0 saturated heterocycles. The number of nitrogens with zero attached hydrogens (tertiary/aromatic N) is 3. The summed E-state index contributed by atoms with van der Waals surface area (Å²) in [6, 6.07) is 6.18. The minimum Gasteiger partial charge on any atom is -0.303 e. The summed E-state index contributed by atoms with van der Waals surface area (Å²) in [7, 11) is 1.96. The van der Waals surface area contributed by atoms with Gasteiger partial charge in [0, 0.05) is 25.8 Å². The van der Waals surface area contributed by atoms with Crippen molar-refractivity contribution in [2.75, 3.05) is 0 Å². The van der Waals surface area contributed by atoms with Crippen molar-refractivity contribution in [3.8, 4) is 0 Å². The molecule has 0 fully saturated rings. The number of rotatable bonds is 4. The summed E-state index contributed by atoms with van der Waals surface area (Å²) in [6.07, 6.45) is 1.82. The topological polar surface area (TPSA) is 42.7 Å². The minimum absolute atomic E-state index is 0.216. The van der Waals surface area contributed by atoms with Gasteiger partial charge in [0.05, 0.1) is 21.6 Å². The van der Waals surface area contributed by atoms with Gasteiger partial charge >= 0.3 is 0 Å². The molecule has 0 radical (unpaired) electrons. The molecule has 0 aromatic carbocycles. The third kappa shape index (κ3) is 2.79. The molecule has 0 bridgehead atoms.